The molecular formula is C25H26FN7O. The van der Waals surface area contributed by atoms with E-state index < -0.39 is 0 Å². The second kappa shape index (κ2) is 9.18. The van der Waals surface area contributed by atoms with Gasteiger partial charge in [-0.25, -0.2) is 14.4 Å². The van der Waals surface area contributed by atoms with Crippen molar-refractivity contribution >= 4 is 28.7 Å². The van der Waals surface area contributed by atoms with Crippen LogP contribution in [-0.2, 0) is 0 Å². The SMILES string of the molecule is CNC(=O)c1ccc(-c2nc(Nc3cc(F)c(C4CCN(C)CC4)cn3)nc3[nH]ccc23)cc1. The summed E-state index contributed by atoms with van der Waals surface area (Å²) >= 11 is 0. The van der Waals surface area contributed by atoms with Gasteiger partial charge in [0.15, 0.2) is 0 Å². The fourth-order valence-corrected chi connectivity index (χ4v) is 4.39. The number of hydrogen-bond acceptors (Lipinski definition) is 6. The lowest BCUT2D eigenvalue weighted by Gasteiger charge is -2.29. The molecule has 34 heavy (non-hydrogen) atoms. The lowest BCUT2D eigenvalue weighted by Crippen LogP contribution is -2.29. The number of likely N-dealkylation sites (tertiary alicyclic amines) is 1. The van der Waals surface area contributed by atoms with Crippen LogP contribution in [0.3, 0.4) is 0 Å². The quantitative estimate of drug-likeness (QED) is 0.416. The molecule has 4 aromatic rings. The van der Waals surface area contributed by atoms with E-state index >= 15 is 0 Å². The van der Waals surface area contributed by atoms with E-state index in [0.717, 1.165) is 36.9 Å². The van der Waals surface area contributed by atoms with E-state index in [9.17, 15) is 9.18 Å². The molecule has 0 bridgehead atoms. The number of piperidine rings is 1. The van der Waals surface area contributed by atoms with Crippen LogP contribution in [-0.4, -0.2) is 57.9 Å². The number of anilines is 2. The number of benzene rings is 1. The molecule has 1 saturated heterocycles. The number of aromatic nitrogens is 4. The summed E-state index contributed by atoms with van der Waals surface area (Å²) in [4.78, 5) is 30.9. The monoisotopic (exact) mass is 459 g/mol. The molecule has 3 N–H and O–H groups in total. The topological polar surface area (TPSA) is 98.8 Å². The Morgan fingerprint density at radius 2 is 1.91 bits per heavy atom. The lowest BCUT2D eigenvalue weighted by atomic mass is 9.90. The van der Waals surface area contributed by atoms with E-state index in [2.05, 4.69) is 42.5 Å². The Balaban J connectivity index is 1.43. The lowest BCUT2D eigenvalue weighted by molar-refractivity contribution is 0.0963. The smallest absolute Gasteiger partial charge is 0.251 e. The van der Waals surface area contributed by atoms with Gasteiger partial charge in [-0.1, -0.05) is 12.1 Å². The Kier molecular flexibility index (Phi) is 5.93. The van der Waals surface area contributed by atoms with Crippen molar-refractivity contribution in [2.75, 3.05) is 32.5 Å². The molecule has 1 fully saturated rings. The number of nitrogens with zero attached hydrogens (tertiary/aromatic N) is 4. The van der Waals surface area contributed by atoms with Gasteiger partial charge in [0, 0.05) is 47.6 Å². The summed E-state index contributed by atoms with van der Waals surface area (Å²) in [5.74, 6) is 0.423. The van der Waals surface area contributed by atoms with Crippen molar-refractivity contribution in [3.8, 4) is 11.3 Å². The summed E-state index contributed by atoms with van der Waals surface area (Å²) in [6.07, 6.45) is 5.27. The molecule has 1 aromatic carbocycles. The maximum Gasteiger partial charge on any atom is 0.251 e. The molecule has 3 aromatic heterocycles. The van der Waals surface area contributed by atoms with Gasteiger partial charge in [-0.15, -0.1) is 0 Å². The zero-order valence-electron chi connectivity index (χ0n) is 19.1. The highest BCUT2D eigenvalue weighted by Gasteiger charge is 2.22. The summed E-state index contributed by atoms with van der Waals surface area (Å²) in [5.41, 5.74) is 3.40. The predicted molar refractivity (Wildman–Crippen MR) is 130 cm³/mol. The van der Waals surface area contributed by atoms with E-state index in [1.165, 1.54) is 6.07 Å². The van der Waals surface area contributed by atoms with Crippen LogP contribution in [0.4, 0.5) is 16.2 Å². The molecule has 0 atom stereocenters. The van der Waals surface area contributed by atoms with Crippen molar-refractivity contribution in [1.82, 2.24) is 30.2 Å². The Labute approximate surface area is 196 Å². The molecule has 5 rings (SSSR count). The number of H-pyrrole nitrogens is 1. The van der Waals surface area contributed by atoms with Gasteiger partial charge in [0.25, 0.3) is 5.91 Å². The van der Waals surface area contributed by atoms with Gasteiger partial charge >= 0.3 is 0 Å². The summed E-state index contributed by atoms with van der Waals surface area (Å²) in [5, 5.41) is 6.50. The summed E-state index contributed by atoms with van der Waals surface area (Å²) in [7, 11) is 3.68. The van der Waals surface area contributed by atoms with Gasteiger partial charge in [0.05, 0.1) is 5.69 Å². The maximum absolute atomic E-state index is 14.9. The second-order valence-corrected chi connectivity index (χ2v) is 8.59. The molecule has 0 spiro atoms. The summed E-state index contributed by atoms with van der Waals surface area (Å²) in [6, 6.07) is 10.5. The van der Waals surface area contributed by atoms with Gasteiger partial charge in [-0.2, -0.15) is 4.98 Å². The molecule has 9 heteroatoms. The fraction of sp³-hybridized carbons (Fsp3) is 0.280. The first-order valence-electron chi connectivity index (χ1n) is 11.3. The van der Waals surface area contributed by atoms with Crippen LogP contribution in [0.15, 0.2) is 48.8 Å². The van der Waals surface area contributed by atoms with Gasteiger partial charge < -0.3 is 20.5 Å². The molecule has 0 unspecified atom stereocenters. The Morgan fingerprint density at radius 1 is 1.15 bits per heavy atom. The van der Waals surface area contributed by atoms with Crippen LogP contribution in [0.25, 0.3) is 22.3 Å². The van der Waals surface area contributed by atoms with Crippen molar-refractivity contribution in [2.24, 2.45) is 0 Å². The van der Waals surface area contributed by atoms with Crippen LogP contribution in [0.2, 0.25) is 0 Å². The van der Waals surface area contributed by atoms with E-state index in [-0.39, 0.29) is 17.6 Å². The minimum absolute atomic E-state index is 0.153. The number of nitrogens with one attached hydrogen (secondary N) is 3. The third-order valence-electron chi connectivity index (χ3n) is 6.34. The number of amides is 1. The number of hydrogen-bond donors (Lipinski definition) is 3. The van der Waals surface area contributed by atoms with Crippen molar-refractivity contribution in [3.05, 3.63) is 65.7 Å². The summed E-state index contributed by atoms with van der Waals surface area (Å²) < 4.78 is 14.9. The molecule has 8 nitrogen and oxygen atoms in total. The minimum atomic E-state index is -0.266. The number of pyridine rings is 1. The number of carbonyl (C=O) groups is 1. The number of carbonyl (C=O) groups excluding carboxylic acids is 1. The molecule has 1 aliphatic rings. The predicted octanol–water partition coefficient (Wildman–Crippen LogP) is 4.07. The van der Waals surface area contributed by atoms with Gasteiger partial charge in [-0.05, 0) is 57.1 Å². The summed E-state index contributed by atoms with van der Waals surface area (Å²) in [6.45, 7) is 1.92. The van der Waals surface area contributed by atoms with Crippen molar-refractivity contribution in [3.63, 3.8) is 0 Å². The van der Waals surface area contributed by atoms with E-state index in [1.54, 1.807) is 31.6 Å². The van der Waals surface area contributed by atoms with Crippen molar-refractivity contribution in [2.45, 2.75) is 18.8 Å². The average Bonchev–Trinajstić information content (AvgIpc) is 3.33. The van der Waals surface area contributed by atoms with E-state index in [1.807, 2.05) is 18.2 Å². The maximum atomic E-state index is 14.9. The standard InChI is InChI=1S/C25H26FN7O/c1-27-24(34)17-5-3-16(4-6-17)22-18-7-10-28-23(18)32-25(31-22)30-21-13-20(26)19(14-29-21)15-8-11-33(2)12-9-15/h3-7,10,13-15H,8-9,11-12H2,1-2H3,(H,27,34)(H2,28,29,30,31,32). The molecule has 0 aliphatic carbocycles. The van der Waals surface area contributed by atoms with E-state index in [0.29, 0.717) is 34.2 Å². The van der Waals surface area contributed by atoms with Crippen LogP contribution >= 0.6 is 0 Å². The number of rotatable bonds is 5. The van der Waals surface area contributed by atoms with Gasteiger partial charge in [-0.3, -0.25) is 4.79 Å². The third-order valence-corrected chi connectivity index (χ3v) is 6.34. The molecular weight excluding hydrogens is 433 g/mol. The normalized spacial score (nSPS) is 14.9. The highest BCUT2D eigenvalue weighted by Crippen LogP contribution is 2.31. The van der Waals surface area contributed by atoms with Crippen LogP contribution in [0.1, 0.15) is 34.7 Å². The number of halogens is 1. The van der Waals surface area contributed by atoms with E-state index in [4.69, 9.17) is 0 Å². The molecule has 174 valence electrons. The molecule has 4 heterocycles. The first-order valence-corrected chi connectivity index (χ1v) is 11.3. The zero-order valence-corrected chi connectivity index (χ0v) is 19.1. The first kappa shape index (κ1) is 22.0. The molecule has 0 saturated carbocycles. The second-order valence-electron chi connectivity index (χ2n) is 8.59. The Bertz CT molecular complexity index is 1330. The van der Waals surface area contributed by atoms with Crippen molar-refractivity contribution in [1.29, 1.82) is 0 Å². The molecule has 1 amide bonds. The van der Waals surface area contributed by atoms with Gasteiger partial charge in [0.2, 0.25) is 5.95 Å². The first-order chi connectivity index (χ1) is 16.5. The van der Waals surface area contributed by atoms with Gasteiger partial charge in [0.1, 0.15) is 17.3 Å². The Morgan fingerprint density at radius 3 is 2.62 bits per heavy atom. The highest BCUT2D eigenvalue weighted by atomic mass is 19.1. The van der Waals surface area contributed by atoms with Crippen LogP contribution in [0.5, 0.6) is 0 Å². The number of fused-ring (bicyclic) bond motifs is 1. The van der Waals surface area contributed by atoms with Crippen molar-refractivity contribution < 1.29 is 9.18 Å². The van der Waals surface area contributed by atoms with Crippen LogP contribution in [0, 0.1) is 5.82 Å². The molecule has 1 aliphatic heterocycles. The number of aromatic amines is 1. The fourth-order valence-electron chi connectivity index (χ4n) is 4.39. The third kappa shape index (κ3) is 4.34. The Hall–Kier alpha value is -3.85. The average molecular weight is 460 g/mol. The largest absolute Gasteiger partial charge is 0.355 e. The highest BCUT2D eigenvalue weighted by molar-refractivity contribution is 5.96. The zero-order chi connectivity index (χ0) is 23.7. The van der Waals surface area contributed by atoms with Crippen LogP contribution < -0.4 is 10.6 Å². The minimum Gasteiger partial charge on any atom is -0.355 e. The molecule has 0 radical (unpaired) electrons.